The molecule has 1 aliphatic rings. The number of amides is 1. The zero-order valence-corrected chi connectivity index (χ0v) is 13.4. The van der Waals surface area contributed by atoms with Gasteiger partial charge in [-0.25, -0.2) is 4.79 Å². The number of aryl methyl sites for hydroxylation is 1. The van der Waals surface area contributed by atoms with Gasteiger partial charge in [0.2, 0.25) is 0 Å². The van der Waals surface area contributed by atoms with E-state index >= 15 is 0 Å². The maximum atomic E-state index is 11.8. The molecule has 1 saturated heterocycles. The SMILES string of the molecule is CCc1ccc(NC(=O)OCC2CCN(CCN)CC2)cc1. The van der Waals surface area contributed by atoms with E-state index in [4.69, 9.17) is 10.5 Å². The first-order valence-corrected chi connectivity index (χ1v) is 8.16. The highest BCUT2D eigenvalue weighted by Gasteiger charge is 2.19. The Balaban J connectivity index is 1.67. The number of anilines is 1. The molecule has 0 bridgehead atoms. The smallest absolute Gasteiger partial charge is 0.411 e. The number of nitrogens with one attached hydrogen (secondary N) is 1. The van der Waals surface area contributed by atoms with Gasteiger partial charge in [-0.3, -0.25) is 5.32 Å². The van der Waals surface area contributed by atoms with Gasteiger partial charge in [0, 0.05) is 18.8 Å². The number of nitrogens with two attached hydrogens (primary N) is 1. The third-order valence-electron chi connectivity index (χ3n) is 4.21. The largest absolute Gasteiger partial charge is 0.449 e. The summed E-state index contributed by atoms with van der Waals surface area (Å²) in [6, 6.07) is 7.85. The Bertz CT molecular complexity index is 453. The maximum absolute atomic E-state index is 11.8. The highest BCUT2D eigenvalue weighted by atomic mass is 16.5. The van der Waals surface area contributed by atoms with Crippen molar-refractivity contribution in [2.24, 2.45) is 11.7 Å². The van der Waals surface area contributed by atoms with Crippen LogP contribution in [0.2, 0.25) is 0 Å². The summed E-state index contributed by atoms with van der Waals surface area (Å²) in [5.41, 5.74) is 7.60. The molecule has 0 radical (unpaired) electrons. The number of benzene rings is 1. The molecule has 0 aromatic heterocycles. The van der Waals surface area contributed by atoms with E-state index in [0.29, 0.717) is 19.1 Å². The zero-order valence-electron chi connectivity index (χ0n) is 13.4. The van der Waals surface area contributed by atoms with Gasteiger partial charge in [-0.2, -0.15) is 0 Å². The van der Waals surface area contributed by atoms with Gasteiger partial charge in [0.25, 0.3) is 0 Å². The Hall–Kier alpha value is -1.59. The molecule has 0 saturated carbocycles. The second-order valence-corrected chi connectivity index (χ2v) is 5.85. The Morgan fingerprint density at radius 3 is 2.59 bits per heavy atom. The fraction of sp³-hybridized carbons (Fsp3) is 0.588. The highest BCUT2D eigenvalue weighted by molar-refractivity contribution is 5.84. The predicted octanol–water partition coefficient (Wildman–Crippen LogP) is 2.47. The summed E-state index contributed by atoms with van der Waals surface area (Å²) in [6.07, 6.45) is 2.76. The van der Waals surface area contributed by atoms with E-state index in [2.05, 4.69) is 17.1 Å². The van der Waals surface area contributed by atoms with Crippen molar-refractivity contribution in [2.45, 2.75) is 26.2 Å². The van der Waals surface area contributed by atoms with Gasteiger partial charge in [-0.1, -0.05) is 19.1 Å². The molecule has 0 atom stereocenters. The third kappa shape index (κ3) is 5.31. The predicted molar refractivity (Wildman–Crippen MR) is 89.0 cm³/mol. The number of piperidine rings is 1. The van der Waals surface area contributed by atoms with Gasteiger partial charge < -0.3 is 15.4 Å². The second-order valence-electron chi connectivity index (χ2n) is 5.85. The molecule has 22 heavy (non-hydrogen) atoms. The van der Waals surface area contributed by atoms with E-state index in [9.17, 15) is 4.79 Å². The lowest BCUT2D eigenvalue weighted by molar-refractivity contribution is 0.106. The normalized spacial score (nSPS) is 16.5. The van der Waals surface area contributed by atoms with E-state index < -0.39 is 0 Å². The first kappa shape index (κ1) is 16.8. The minimum absolute atomic E-state index is 0.367. The summed E-state index contributed by atoms with van der Waals surface area (Å²) >= 11 is 0. The molecule has 5 nitrogen and oxygen atoms in total. The zero-order chi connectivity index (χ0) is 15.8. The van der Waals surface area contributed by atoms with Crippen molar-refractivity contribution in [1.29, 1.82) is 0 Å². The van der Waals surface area contributed by atoms with E-state index in [1.54, 1.807) is 0 Å². The number of carbonyl (C=O) groups excluding carboxylic acids is 1. The number of hydrogen-bond donors (Lipinski definition) is 2. The molecule has 122 valence electrons. The van der Waals surface area contributed by atoms with Crippen LogP contribution in [0.1, 0.15) is 25.3 Å². The quantitative estimate of drug-likeness (QED) is 0.847. The van der Waals surface area contributed by atoms with E-state index in [-0.39, 0.29) is 6.09 Å². The highest BCUT2D eigenvalue weighted by Crippen LogP contribution is 2.17. The molecule has 1 amide bonds. The summed E-state index contributed by atoms with van der Waals surface area (Å²) in [5, 5.41) is 2.77. The minimum atomic E-state index is -0.367. The first-order valence-electron chi connectivity index (χ1n) is 8.16. The number of rotatable bonds is 6. The van der Waals surface area contributed by atoms with Crippen LogP contribution in [-0.2, 0) is 11.2 Å². The van der Waals surface area contributed by atoms with Crippen LogP contribution in [0.5, 0.6) is 0 Å². The van der Waals surface area contributed by atoms with Gasteiger partial charge in [-0.15, -0.1) is 0 Å². The summed E-state index contributed by atoms with van der Waals surface area (Å²) in [7, 11) is 0. The second kappa shape index (κ2) is 8.76. The molecular formula is C17H27N3O2. The molecule has 5 heteroatoms. The molecular weight excluding hydrogens is 278 g/mol. The van der Waals surface area contributed by atoms with E-state index in [1.165, 1.54) is 5.56 Å². The van der Waals surface area contributed by atoms with Gasteiger partial charge in [0.05, 0.1) is 6.61 Å². The first-order chi connectivity index (χ1) is 10.7. The van der Waals surface area contributed by atoms with Crippen LogP contribution in [0.25, 0.3) is 0 Å². The Morgan fingerprint density at radius 2 is 2.00 bits per heavy atom. The van der Waals surface area contributed by atoms with Crippen molar-refractivity contribution in [1.82, 2.24) is 4.90 Å². The van der Waals surface area contributed by atoms with Crippen molar-refractivity contribution >= 4 is 11.8 Å². The monoisotopic (exact) mass is 305 g/mol. The van der Waals surface area contributed by atoms with Gasteiger partial charge >= 0.3 is 6.09 Å². The molecule has 0 aliphatic carbocycles. The van der Waals surface area contributed by atoms with Gasteiger partial charge in [0.1, 0.15) is 0 Å². The Kier molecular flexibility index (Phi) is 6.68. The molecule has 1 fully saturated rings. The topological polar surface area (TPSA) is 67.6 Å². The van der Waals surface area contributed by atoms with Crippen molar-refractivity contribution in [3.63, 3.8) is 0 Å². The number of likely N-dealkylation sites (tertiary alicyclic amines) is 1. The summed E-state index contributed by atoms with van der Waals surface area (Å²) in [4.78, 5) is 14.2. The number of nitrogens with zero attached hydrogens (tertiary/aromatic N) is 1. The third-order valence-corrected chi connectivity index (χ3v) is 4.21. The fourth-order valence-electron chi connectivity index (χ4n) is 2.73. The molecule has 1 heterocycles. The molecule has 0 unspecified atom stereocenters. The number of ether oxygens (including phenoxy) is 1. The summed E-state index contributed by atoms with van der Waals surface area (Å²) in [5.74, 6) is 0.460. The fourth-order valence-corrected chi connectivity index (χ4v) is 2.73. The van der Waals surface area contributed by atoms with Crippen molar-refractivity contribution in [2.75, 3.05) is 38.1 Å². The standard InChI is InChI=1S/C17H27N3O2/c1-2-14-3-5-16(6-4-14)19-17(21)22-13-15-7-10-20(11-8-15)12-9-18/h3-6,15H,2,7-13,18H2,1H3,(H,19,21). The van der Waals surface area contributed by atoms with Crippen LogP contribution >= 0.6 is 0 Å². The van der Waals surface area contributed by atoms with E-state index in [1.807, 2.05) is 24.3 Å². The van der Waals surface area contributed by atoms with E-state index in [0.717, 1.165) is 44.6 Å². The molecule has 1 aliphatic heterocycles. The van der Waals surface area contributed by atoms with Crippen molar-refractivity contribution in [3.8, 4) is 0 Å². The molecule has 3 N–H and O–H groups in total. The van der Waals surface area contributed by atoms with Crippen LogP contribution in [0, 0.1) is 5.92 Å². The van der Waals surface area contributed by atoms with Gasteiger partial charge in [0.15, 0.2) is 0 Å². The van der Waals surface area contributed by atoms with Gasteiger partial charge in [-0.05, 0) is 56.0 Å². The lowest BCUT2D eigenvalue weighted by Gasteiger charge is -2.31. The number of carbonyl (C=O) groups is 1. The van der Waals surface area contributed by atoms with Crippen LogP contribution < -0.4 is 11.1 Å². The molecule has 2 rings (SSSR count). The van der Waals surface area contributed by atoms with Crippen LogP contribution in [0.4, 0.5) is 10.5 Å². The van der Waals surface area contributed by atoms with Crippen molar-refractivity contribution in [3.05, 3.63) is 29.8 Å². The van der Waals surface area contributed by atoms with Crippen LogP contribution in [0.3, 0.4) is 0 Å². The molecule has 1 aromatic rings. The maximum Gasteiger partial charge on any atom is 0.411 e. The molecule has 1 aromatic carbocycles. The molecule has 0 spiro atoms. The summed E-state index contributed by atoms with van der Waals surface area (Å²) < 4.78 is 5.34. The summed E-state index contributed by atoms with van der Waals surface area (Å²) in [6.45, 7) is 6.36. The lowest BCUT2D eigenvalue weighted by atomic mass is 9.98. The lowest BCUT2D eigenvalue weighted by Crippen LogP contribution is -2.38. The van der Waals surface area contributed by atoms with Crippen LogP contribution in [0.15, 0.2) is 24.3 Å². The minimum Gasteiger partial charge on any atom is -0.449 e. The Morgan fingerprint density at radius 1 is 1.32 bits per heavy atom. The Labute approximate surface area is 132 Å². The average molecular weight is 305 g/mol. The van der Waals surface area contributed by atoms with Crippen LogP contribution in [-0.4, -0.2) is 43.8 Å². The number of hydrogen-bond acceptors (Lipinski definition) is 4. The average Bonchev–Trinajstić information content (AvgIpc) is 2.55. The van der Waals surface area contributed by atoms with Crippen molar-refractivity contribution < 1.29 is 9.53 Å².